The van der Waals surface area contributed by atoms with Crippen LogP contribution in [0.15, 0.2) is 17.5 Å². The van der Waals surface area contributed by atoms with Crippen LogP contribution in [-0.4, -0.2) is 40.1 Å². The van der Waals surface area contributed by atoms with Gasteiger partial charge in [0.2, 0.25) is 5.91 Å². The molecule has 112 valence electrons. The summed E-state index contributed by atoms with van der Waals surface area (Å²) in [5.74, 6) is 0.0369. The number of thiophene rings is 1. The number of nitrogens with zero attached hydrogens (tertiary/aromatic N) is 2. The molecule has 0 bridgehead atoms. The molecular formula is C14H15ClN2O2S2. The smallest absolute Gasteiger partial charge is 0.228 e. The van der Waals surface area contributed by atoms with E-state index >= 15 is 0 Å². The van der Waals surface area contributed by atoms with Crippen molar-refractivity contribution in [2.24, 2.45) is 0 Å². The number of likely N-dealkylation sites (tertiary alicyclic amines) is 1. The first-order valence-electron chi connectivity index (χ1n) is 6.78. The first-order valence-corrected chi connectivity index (χ1v) is 8.85. The van der Waals surface area contributed by atoms with E-state index in [1.807, 2.05) is 17.5 Å². The molecule has 0 radical (unpaired) electrons. The monoisotopic (exact) mass is 342 g/mol. The number of aromatic nitrogens is 1. The molecule has 1 amide bonds. The van der Waals surface area contributed by atoms with Crippen molar-refractivity contribution in [2.45, 2.75) is 25.4 Å². The van der Waals surface area contributed by atoms with Gasteiger partial charge in [-0.1, -0.05) is 11.6 Å². The third-order valence-corrected chi connectivity index (χ3v) is 5.71. The third-order valence-electron chi connectivity index (χ3n) is 3.42. The van der Waals surface area contributed by atoms with Gasteiger partial charge in [-0.25, -0.2) is 4.98 Å². The van der Waals surface area contributed by atoms with Crippen molar-refractivity contribution in [3.8, 4) is 9.88 Å². The Bertz CT molecular complexity index is 640. The van der Waals surface area contributed by atoms with Gasteiger partial charge in [0.1, 0.15) is 5.01 Å². The normalized spacial score (nSPS) is 19.0. The van der Waals surface area contributed by atoms with Gasteiger partial charge in [0, 0.05) is 18.5 Å². The van der Waals surface area contributed by atoms with E-state index in [1.165, 1.54) is 22.7 Å². The molecule has 1 aliphatic heterocycles. The highest BCUT2D eigenvalue weighted by atomic mass is 35.5. The van der Waals surface area contributed by atoms with Crippen molar-refractivity contribution in [1.29, 1.82) is 0 Å². The number of hydrogen-bond acceptors (Lipinski definition) is 5. The van der Waals surface area contributed by atoms with E-state index in [4.69, 9.17) is 11.6 Å². The van der Waals surface area contributed by atoms with Crippen molar-refractivity contribution in [2.75, 3.05) is 13.1 Å². The van der Waals surface area contributed by atoms with Crippen LogP contribution in [0, 0.1) is 0 Å². The minimum absolute atomic E-state index is 0.0369. The van der Waals surface area contributed by atoms with E-state index < -0.39 is 0 Å². The molecule has 1 saturated heterocycles. The van der Waals surface area contributed by atoms with Gasteiger partial charge in [-0.3, -0.25) is 4.79 Å². The van der Waals surface area contributed by atoms with Gasteiger partial charge in [-0.15, -0.1) is 22.7 Å². The molecular weight excluding hydrogens is 328 g/mol. The number of piperidine rings is 1. The zero-order valence-corrected chi connectivity index (χ0v) is 13.7. The summed E-state index contributed by atoms with van der Waals surface area (Å²) < 4.78 is 0.736. The molecule has 3 heterocycles. The zero-order valence-electron chi connectivity index (χ0n) is 11.3. The van der Waals surface area contributed by atoms with Crippen LogP contribution in [0.2, 0.25) is 4.34 Å². The van der Waals surface area contributed by atoms with Gasteiger partial charge >= 0.3 is 0 Å². The molecule has 2 aromatic rings. The molecule has 0 aliphatic carbocycles. The number of thiazole rings is 1. The Morgan fingerprint density at radius 3 is 3.10 bits per heavy atom. The second-order valence-corrected chi connectivity index (χ2v) is 7.63. The molecule has 1 unspecified atom stereocenters. The number of β-amino-alcohol motifs (C(OH)–C–C–N with tert-alkyl or cyclic N) is 1. The summed E-state index contributed by atoms with van der Waals surface area (Å²) in [7, 11) is 0. The van der Waals surface area contributed by atoms with E-state index in [1.54, 1.807) is 4.90 Å². The number of hydrogen-bond donors (Lipinski definition) is 1. The van der Waals surface area contributed by atoms with Gasteiger partial charge in [0.05, 0.1) is 27.4 Å². The molecule has 0 spiro atoms. The molecule has 7 heteroatoms. The van der Waals surface area contributed by atoms with Crippen molar-refractivity contribution in [1.82, 2.24) is 9.88 Å². The van der Waals surface area contributed by atoms with Crippen molar-refractivity contribution in [3.63, 3.8) is 0 Å². The van der Waals surface area contributed by atoms with Gasteiger partial charge < -0.3 is 10.0 Å². The van der Waals surface area contributed by atoms with Crippen LogP contribution in [0.25, 0.3) is 9.88 Å². The summed E-state index contributed by atoms with van der Waals surface area (Å²) in [6.45, 7) is 1.17. The topological polar surface area (TPSA) is 53.4 Å². The number of rotatable bonds is 3. The van der Waals surface area contributed by atoms with Crippen molar-refractivity contribution in [3.05, 3.63) is 27.5 Å². The molecule has 4 nitrogen and oxygen atoms in total. The van der Waals surface area contributed by atoms with Crippen LogP contribution in [0.1, 0.15) is 18.5 Å². The highest BCUT2D eigenvalue weighted by Crippen LogP contribution is 2.33. The quantitative estimate of drug-likeness (QED) is 0.932. The fourth-order valence-corrected chi connectivity index (χ4v) is 4.31. The van der Waals surface area contributed by atoms with E-state index in [0.717, 1.165) is 39.3 Å². The Balaban J connectivity index is 1.65. The van der Waals surface area contributed by atoms with Gasteiger partial charge in [-0.05, 0) is 25.0 Å². The molecule has 1 aliphatic rings. The first kappa shape index (κ1) is 15.0. The average molecular weight is 343 g/mol. The van der Waals surface area contributed by atoms with Crippen LogP contribution < -0.4 is 0 Å². The highest BCUT2D eigenvalue weighted by molar-refractivity contribution is 7.23. The Labute approximate surface area is 136 Å². The molecule has 1 fully saturated rings. The largest absolute Gasteiger partial charge is 0.391 e. The number of aliphatic hydroxyl groups excluding tert-OH is 1. The van der Waals surface area contributed by atoms with E-state index in [0.29, 0.717) is 13.0 Å². The summed E-state index contributed by atoms with van der Waals surface area (Å²) in [6.07, 6.45) is 1.55. The lowest BCUT2D eigenvalue weighted by Crippen LogP contribution is -2.42. The molecule has 0 saturated carbocycles. The number of halogens is 1. The maximum absolute atomic E-state index is 12.2. The molecule has 1 N–H and O–H groups in total. The number of aliphatic hydroxyl groups is 1. The highest BCUT2D eigenvalue weighted by Gasteiger charge is 2.22. The third kappa shape index (κ3) is 3.63. The SMILES string of the molecule is O=C(Cc1csc(-c2ccc(Cl)s2)n1)N1CCCC(O)C1. The second kappa shape index (κ2) is 6.44. The molecule has 2 aromatic heterocycles. The van der Waals surface area contributed by atoms with Crippen molar-refractivity contribution < 1.29 is 9.90 Å². The van der Waals surface area contributed by atoms with Gasteiger partial charge in [0.25, 0.3) is 0 Å². The maximum Gasteiger partial charge on any atom is 0.228 e. The lowest BCUT2D eigenvalue weighted by molar-refractivity contribution is -0.133. The zero-order chi connectivity index (χ0) is 14.8. The van der Waals surface area contributed by atoms with E-state index in [9.17, 15) is 9.90 Å². The molecule has 3 rings (SSSR count). The maximum atomic E-state index is 12.2. The summed E-state index contributed by atoms with van der Waals surface area (Å²) in [5.41, 5.74) is 0.782. The Kier molecular flexibility index (Phi) is 4.59. The van der Waals surface area contributed by atoms with Crippen LogP contribution >= 0.6 is 34.3 Å². The van der Waals surface area contributed by atoms with E-state index in [-0.39, 0.29) is 12.0 Å². The Morgan fingerprint density at radius 1 is 1.52 bits per heavy atom. The van der Waals surface area contributed by atoms with Gasteiger partial charge in [-0.2, -0.15) is 0 Å². The standard InChI is InChI=1S/C14H15ClN2O2S2/c15-12-4-3-11(21-12)14-16-9(8-20-14)6-13(19)17-5-1-2-10(18)7-17/h3-4,8,10,18H,1-2,5-7H2. The minimum atomic E-state index is -0.387. The summed E-state index contributed by atoms with van der Waals surface area (Å²) in [6, 6.07) is 3.79. The predicted octanol–water partition coefficient (Wildman–Crippen LogP) is 3.05. The summed E-state index contributed by atoms with van der Waals surface area (Å²) >= 11 is 8.94. The Morgan fingerprint density at radius 2 is 2.38 bits per heavy atom. The van der Waals surface area contributed by atoms with Crippen molar-refractivity contribution >= 4 is 40.2 Å². The lowest BCUT2D eigenvalue weighted by Gasteiger charge is -2.29. The number of carbonyl (C=O) groups excluding carboxylic acids is 1. The summed E-state index contributed by atoms with van der Waals surface area (Å²) in [4.78, 5) is 19.5. The fourth-order valence-electron chi connectivity index (χ4n) is 2.38. The minimum Gasteiger partial charge on any atom is -0.391 e. The van der Waals surface area contributed by atoms with E-state index in [2.05, 4.69) is 4.98 Å². The second-order valence-electron chi connectivity index (χ2n) is 5.06. The Hall–Kier alpha value is -0.950. The predicted molar refractivity (Wildman–Crippen MR) is 86.0 cm³/mol. The van der Waals surface area contributed by atoms with Gasteiger partial charge in [0.15, 0.2) is 0 Å². The molecule has 1 atom stereocenters. The van der Waals surface area contributed by atoms with Crippen LogP contribution in [0.3, 0.4) is 0 Å². The number of amides is 1. The van der Waals surface area contributed by atoms with Crippen LogP contribution in [0.4, 0.5) is 0 Å². The fraction of sp³-hybridized carbons (Fsp3) is 0.429. The number of carbonyl (C=O) groups is 1. The van der Waals surface area contributed by atoms with Crippen LogP contribution in [-0.2, 0) is 11.2 Å². The summed E-state index contributed by atoms with van der Waals surface area (Å²) in [5, 5.41) is 12.4. The molecule has 0 aromatic carbocycles. The first-order chi connectivity index (χ1) is 10.1. The van der Waals surface area contributed by atoms with Crippen LogP contribution in [0.5, 0.6) is 0 Å². The molecule has 21 heavy (non-hydrogen) atoms. The lowest BCUT2D eigenvalue weighted by atomic mass is 10.1. The average Bonchev–Trinajstić information content (AvgIpc) is 3.07.